The molecule has 8 heteroatoms. The molecule has 2 heterocycles. The summed E-state index contributed by atoms with van der Waals surface area (Å²) in [5.74, 6) is -2.41. The number of hydrogen-bond donors (Lipinski definition) is 1. The van der Waals surface area contributed by atoms with Crippen LogP contribution in [0.3, 0.4) is 0 Å². The third kappa shape index (κ3) is 3.48. The molecule has 0 aromatic carbocycles. The quantitative estimate of drug-likeness (QED) is 0.462. The number of nitrogens with one attached hydrogen (secondary N) is 1. The summed E-state index contributed by atoms with van der Waals surface area (Å²) in [4.78, 5) is 50.1. The second kappa shape index (κ2) is 7.19. The zero-order valence-corrected chi connectivity index (χ0v) is 13.5. The van der Waals surface area contributed by atoms with Crippen LogP contribution in [0.1, 0.15) is 24.3 Å². The van der Waals surface area contributed by atoms with Crippen molar-refractivity contribution in [3.8, 4) is 0 Å². The molecular formula is C15H17N3O4S. The lowest BCUT2D eigenvalue weighted by atomic mass is 10.2. The Kier molecular flexibility index (Phi) is 5.28. The summed E-state index contributed by atoms with van der Waals surface area (Å²) in [5.41, 5.74) is 0. The maximum Gasteiger partial charge on any atom is 0.335 e. The number of urea groups is 1. The van der Waals surface area contributed by atoms with E-state index >= 15 is 0 Å². The molecule has 23 heavy (non-hydrogen) atoms. The van der Waals surface area contributed by atoms with Crippen molar-refractivity contribution in [2.24, 2.45) is 0 Å². The first kappa shape index (κ1) is 16.9. The van der Waals surface area contributed by atoms with Crippen molar-refractivity contribution in [1.29, 1.82) is 0 Å². The van der Waals surface area contributed by atoms with Crippen LogP contribution in [0.4, 0.5) is 4.79 Å². The summed E-state index contributed by atoms with van der Waals surface area (Å²) >= 11 is 1.51. The molecule has 0 spiro atoms. The minimum Gasteiger partial charge on any atom is -0.347 e. The maximum atomic E-state index is 12.1. The van der Waals surface area contributed by atoms with Crippen LogP contribution in [0.15, 0.2) is 30.2 Å². The van der Waals surface area contributed by atoms with Gasteiger partial charge in [0.25, 0.3) is 0 Å². The molecule has 1 saturated heterocycles. The summed E-state index contributed by atoms with van der Waals surface area (Å²) in [5, 5.41) is 4.68. The first-order valence-corrected chi connectivity index (χ1v) is 7.98. The Morgan fingerprint density at radius 1 is 1.35 bits per heavy atom. The Morgan fingerprint density at radius 2 is 2.04 bits per heavy atom. The molecule has 0 aliphatic carbocycles. The van der Waals surface area contributed by atoms with E-state index in [9.17, 15) is 19.2 Å². The highest BCUT2D eigenvalue weighted by Crippen LogP contribution is 2.21. The summed E-state index contributed by atoms with van der Waals surface area (Å²) in [6.45, 7) is 4.82. The summed E-state index contributed by atoms with van der Waals surface area (Å²) in [6, 6.07) is 2.81. The van der Waals surface area contributed by atoms with Gasteiger partial charge in [0.2, 0.25) is 5.91 Å². The Labute approximate surface area is 137 Å². The normalized spacial score (nSPS) is 16.0. The molecule has 2 rings (SSSR count). The van der Waals surface area contributed by atoms with E-state index in [1.165, 1.54) is 17.4 Å². The van der Waals surface area contributed by atoms with Gasteiger partial charge in [0.05, 0.1) is 6.04 Å². The summed E-state index contributed by atoms with van der Waals surface area (Å²) in [7, 11) is 0. The summed E-state index contributed by atoms with van der Waals surface area (Å²) < 4.78 is 0. The predicted octanol–water partition coefficient (Wildman–Crippen LogP) is 1.29. The number of imide groups is 2. The molecular weight excluding hydrogens is 318 g/mol. The molecule has 0 bridgehead atoms. The zero-order chi connectivity index (χ0) is 17.0. The average molecular weight is 335 g/mol. The first-order valence-electron chi connectivity index (χ1n) is 7.10. The van der Waals surface area contributed by atoms with E-state index in [0.29, 0.717) is 11.3 Å². The molecule has 1 aliphatic heterocycles. The van der Waals surface area contributed by atoms with Gasteiger partial charge in [0.1, 0.15) is 6.54 Å². The molecule has 1 aliphatic rings. The van der Waals surface area contributed by atoms with Crippen molar-refractivity contribution in [2.45, 2.75) is 19.4 Å². The van der Waals surface area contributed by atoms with Gasteiger partial charge in [-0.15, -0.1) is 17.9 Å². The highest BCUT2D eigenvalue weighted by molar-refractivity contribution is 7.10. The average Bonchev–Trinajstić information content (AvgIpc) is 3.13. The minimum absolute atomic E-state index is 0.0612. The molecule has 1 fully saturated rings. The molecule has 0 saturated carbocycles. The molecule has 5 amide bonds. The lowest BCUT2D eigenvalue weighted by Crippen LogP contribution is -2.42. The van der Waals surface area contributed by atoms with Gasteiger partial charge in [-0.05, 0) is 17.9 Å². The van der Waals surface area contributed by atoms with Crippen LogP contribution in [0.2, 0.25) is 0 Å². The van der Waals surface area contributed by atoms with Crippen molar-refractivity contribution in [1.82, 2.24) is 15.1 Å². The van der Waals surface area contributed by atoms with Crippen LogP contribution < -0.4 is 5.32 Å². The maximum absolute atomic E-state index is 12.1. The zero-order valence-electron chi connectivity index (χ0n) is 12.7. The molecule has 122 valence electrons. The highest BCUT2D eigenvalue weighted by Gasteiger charge is 2.44. The van der Waals surface area contributed by atoms with Gasteiger partial charge in [0.15, 0.2) is 0 Å². The fourth-order valence-electron chi connectivity index (χ4n) is 2.23. The largest absolute Gasteiger partial charge is 0.347 e. The Morgan fingerprint density at radius 3 is 2.61 bits per heavy atom. The van der Waals surface area contributed by atoms with Crippen LogP contribution in [0.25, 0.3) is 0 Å². The van der Waals surface area contributed by atoms with Crippen molar-refractivity contribution < 1.29 is 19.2 Å². The second-order valence-corrected chi connectivity index (χ2v) is 5.90. The molecule has 1 N–H and O–H groups in total. The Bertz CT molecular complexity index is 641. The van der Waals surface area contributed by atoms with Crippen LogP contribution in [-0.2, 0) is 14.4 Å². The second-order valence-electron chi connectivity index (χ2n) is 4.92. The fourth-order valence-corrected chi connectivity index (χ4v) is 3.09. The van der Waals surface area contributed by atoms with Gasteiger partial charge in [-0.3, -0.25) is 19.3 Å². The number of nitrogens with zero attached hydrogens (tertiary/aromatic N) is 2. The van der Waals surface area contributed by atoms with E-state index in [1.807, 2.05) is 24.4 Å². The number of rotatable bonds is 7. The van der Waals surface area contributed by atoms with Crippen LogP contribution in [0.5, 0.6) is 0 Å². The van der Waals surface area contributed by atoms with Gasteiger partial charge >= 0.3 is 17.8 Å². The highest BCUT2D eigenvalue weighted by atomic mass is 32.1. The van der Waals surface area contributed by atoms with E-state index in [-0.39, 0.29) is 12.6 Å². The van der Waals surface area contributed by atoms with E-state index in [1.54, 1.807) is 0 Å². The van der Waals surface area contributed by atoms with E-state index in [4.69, 9.17) is 0 Å². The number of amides is 5. The van der Waals surface area contributed by atoms with E-state index in [2.05, 4.69) is 11.9 Å². The number of carbonyl (C=O) groups is 4. The van der Waals surface area contributed by atoms with Gasteiger partial charge in [-0.25, -0.2) is 9.69 Å². The van der Waals surface area contributed by atoms with Crippen molar-refractivity contribution >= 4 is 35.1 Å². The van der Waals surface area contributed by atoms with Crippen molar-refractivity contribution in [3.05, 3.63) is 35.0 Å². The molecule has 7 nitrogen and oxygen atoms in total. The monoisotopic (exact) mass is 335 g/mol. The van der Waals surface area contributed by atoms with Gasteiger partial charge < -0.3 is 5.32 Å². The van der Waals surface area contributed by atoms with Crippen molar-refractivity contribution in [3.63, 3.8) is 0 Å². The van der Waals surface area contributed by atoms with Gasteiger partial charge in [-0.2, -0.15) is 0 Å². The third-order valence-corrected chi connectivity index (χ3v) is 4.36. The number of carbonyl (C=O) groups excluding carboxylic acids is 4. The topological polar surface area (TPSA) is 86.8 Å². The Hall–Kier alpha value is -2.48. The standard InChI is InChI=1S/C15H17N3O4S/c1-3-7-17-13(20)14(21)18(15(17)22)9-12(19)16-10(4-2)11-6-5-8-23-11/h3,5-6,8,10H,1,4,7,9H2,2H3,(H,16,19). The fraction of sp³-hybridized carbons (Fsp3) is 0.333. The van der Waals surface area contributed by atoms with Gasteiger partial charge in [0, 0.05) is 11.4 Å². The molecule has 1 aromatic heterocycles. The Balaban J connectivity index is 2.02. The SMILES string of the molecule is C=CCN1C(=O)C(=O)N(CC(=O)NC(CC)c2cccs2)C1=O. The van der Waals surface area contributed by atoms with Crippen molar-refractivity contribution in [2.75, 3.05) is 13.1 Å². The lowest BCUT2D eigenvalue weighted by molar-refractivity contribution is -0.143. The number of hydrogen-bond acceptors (Lipinski definition) is 5. The van der Waals surface area contributed by atoms with Crippen LogP contribution in [0, 0.1) is 0 Å². The summed E-state index contributed by atoms with van der Waals surface area (Å²) in [6.07, 6.45) is 2.02. The van der Waals surface area contributed by atoms with Crippen LogP contribution in [-0.4, -0.2) is 46.6 Å². The molecule has 1 unspecified atom stereocenters. The minimum atomic E-state index is -0.990. The third-order valence-electron chi connectivity index (χ3n) is 3.38. The van der Waals surface area contributed by atoms with E-state index in [0.717, 1.165) is 9.78 Å². The predicted molar refractivity (Wildman–Crippen MR) is 84.5 cm³/mol. The smallest absolute Gasteiger partial charge is 0.335 e. The molecule has 1 aromatic rings. The van der Waals surface area contributed by atoms with Gasteiger partial charge in [-0.1, -0.05) is 19.1 Å². The molecule has 1 atom stereocenters. The van der Waals surface area contributed by atoms with E-state index < -0.39 is 30.3 Å². The molecule has 0 radical (unpaired) electrons. The first-order chi connectivity index (χ1) is 11.0. The van der Waals surface area contributed by atoms with Crippen LogP contribution >= 0.6 is 11.3 Å². The lowest BCUT2D eigenvalue weighted by Gasteiger charge is -2.18. The number of thiophene rings is 1.